The molecule has 190 valence electrons. The van der Waals surface area contributed by atoms with Crippen LogP contribution in [-0.4, -0.2) is 35.9 Å². The monoisotopic (exact) mass is 525 g/mol. The number of pyridine rings is 1. The molecule has 3 aromatic carbocycles. The Kier molecular flexibility index (Phi) is 9.52. The summed E-state index contributed by atoms with van der Waals surface area (Å²) in [5, 5.41) is 12.6. The van der Waals surface area contributed by atoms with Gasteiger partial charge >= 0.3 is 12.1 Å². The third kappa shape index (κ3) is 7.24. The first-order valence-electron chi connectivity index (χ1n) is 11.2. The standard InChI is InChI=1S/C26H23NO2P.C2HF3O2/c28-26(22-11-10-18-27-21-22)29-19-20-30(23-12-4-1-5-13-23,24-14-6-2-7-15-24)25-16-8-3-9-17-25;3-2(4,5)1(6)7/h1-18,21H,19-20H2;(H,6,7)/q+1;/p-1. The van der Waals surface area contributed by atoms with Crippen LogP contribution in [0.2, 0.25) is 0 Å². The number of hydrogen-bond acceptors (Lipinski definition) is 5. The largest absolute Gasteiger partial charge is 0.542 e. The highest BCUT2D eigenvalue weighted by molar-refractivity contribution is 7.95. The second kappa shape index (κ2) is 12.8. The van der Waals surface area contributed by atoms with Crippen molar-refractivity contribution in [3.05, 3.63) is 121 Å². The summed E-state index contributed by atoms with van der Waals surface area (Å²) in [6.07, 6.45) is -1.28. The van der Waals surface area contributed by atoms with Crippen LogP contribution in [0.4, 0.5) is 13.2 Å². The van der Waals surface area contributed by atoms with Crippen molar-refractivity contribution < 1.29 is 32.6 Å². The molecule has 4 rings (SSSR count). The van der Waals surface area contributed by atoms with Crippen LogP contribution in [-0.2, 0) is 9.53 Å². The van der Waals surface area contributed by atoms with E-state index < -0.39 is 19.4 Å². The van der Waals surface area contributed by atoms with Gasteiger partial charge in [-0.2, -0.15) is 13.2 Å². The van der Waals surface area contributed by atoms with Gasteiger partial charge in [-0.25, -0.2) is 4.79 Å². The second-order valence-corrected chi connectivity index (χ2v) is 11.3. The molecule has 0 aliphatic carbocycles. The molecule has 0 radical (unpaired) electrons. The molecule has 5 nitrogen and oxygen atoms in total. The maximum absolute atomic E-state index is 12.5. The summed E-state index contributed by atoms with van der Waals surface area (Å²) in [7, 11) is -1.99. The number of ether oxygens (including phenoxy) is 1. The molecular formula is C28H23F3NO4P. The minimum atomic E-state index is -5.19. The van der Waals surface area contributed by atoms with Crippen molar-refractivity contribution in [3.8, 4) is 0 Å². The van der Waals surface area contributed by atoms with Gasteiger partial charge in [0.05, 0.1) is 5.56 Å². The lowest BCUT2D eigenvalue weighted by atomic mass is 10.3. The van der Waals surface area contributed by atoms with Crippen molar-refractivity contribution in [3.63, 3.8) is 0 Å². The summed E-state index contributed by atoms with van der Waals surface area (Å²) in [5.41, 5.74) is 0.473. The third-order valence-electron chi connectivity index (χ3n) is 5.38. The molecule has 0 bridgehead atoms. The highest BCUT2D eigenvalue weighted by Crippen LogP contribution is 2.54. The number of esters is 1. The van der Waals surface area contributed by atoms with E-state index in [2.05, 4.69) is 77.8 Å². The number of halogens is 3. The van der Waals surface area contributed by atoms with Gasteiger partial charge in [0, 0.05) is 12.4 Å². The van der Waals surface area contributed by atoms with Crippen LogP contribution in [0.15, 0.2) is 116 Å². The summed E-state index contributed by atoms with van der Waals surface area (Å²) in [6.45, 7) is 0.334. The smallest absolute Gasteiger partial charge is 0.430 e. The molecule has 9 heteroatoms. The number of benzene rings is 3. The van der Waals surface area contributed by atoms with Crippen LogP contribution in [0.5, 0.6) is 0 Å². The van der Waals surface area contributed by atoms with Crippen molar-refractivity contribution in [2.24, 2.45) is 0 Å². The predicted molar refractivity (Wildman–Crippen MR) is 136 cm³/mol. The molecule has 1 heterocycles. The Bertz CT molecular complexity index is 1180. The number of aliphatic carboxylic acids is 1. The zero-order valence-corrected chi connectivity index (χ0v) is 20.4. The number of carboxylic acids is 1. The summed E-state index contributed by atoms with van der Waals surface area (Å²) in [6, 6.07) is 35.2. The normalized spacial score (nSPS) is 11.1. The SMILES string of the molecule is O=C(OCC[P+](c1ccccc1)(c1ccccc1)c1ccccc1)c1cccnc1.O=C([O-])C(F)(F)F. The van der Waals surface area contributed by atoms with Crippen LogP contribution in [0.3, 0.4) is 0 Å². The number of hydrogen-bond donors (Lipinski definition) is 0. The number of carboxylic acid groups (broad SMARTS) is 1. The molecule has 0 saturated heterocycles. The Labute approximate surface area is 212 Å². The first kappa shape index (κ1) is 27.6. The summed E-state index contributed by atoms with van der Waals surface area (Å²) in [4.78, 5) is 25.3. The number of alkyl halides is 3. The Balaban J connectivity index is 0.000000479. The average Bonchev–Trinajstić information content (AvgIpc) is 2.93. The van der Waals surface area contributed by atoms with Gasteiger partial charge in [-0.15, -0.1) is 0 Å². The van der Waals surface area contributed by atoms with E-state index in [1.54, 1.807) is 18.3 Å². The molecule has 0 aliphatic heterocycles. The number of nitrogens with zero attached hydrogens (tertiary/aromatic N) is 1. The molecule has 1 aromatic heterocycles. The molecule has 0 N–H and O–H groups in total. The third-order valence-corrected chi connectivity index (χ3v) is 9.77. The van der Waals surface area contributed by atoms with Crippen molar-refractivity contribution in [1.29, 1.82) is 0 Å². The fourth-order valence-corrected chi connectivity index (χ4v) is 7.80. The second-order valence-electron chi connectivity index (χ2n) is 7.70. The predicted octanol–water partition coefficient (Wildman–Crippen LogP) is 3.53. The van der Waals surface area contributed by atoms with Gasteiger partial charge in [0.15, 0.2) is 0 Å². The van der Waals surface area contributed by atoms with E-state index in [1.807, 2.05) is 18.2 Å². The van der Waals surface area contributed by atoms with Crippen molar-refractivity contribution >= 4 is 35.1 Å². The van der Waals surface area contributed by atoms with Crippen LogP contribution < -0.4 is 21.0 Å². The van der Waals surface area contributed by atoms with E-state index in [-0.39, 0.29) is 5.97 Å². The van der Waals surface area contributed by atoms with Crippen LogP contribution in [0, 0.1) is 0 Å². The van der Waals surface area contributed by atoms with E-state index in [0.717, 1.165) is 6.16 Å². The van der Waals surface area contributed by atoms with Crippen molar-refractivity contribution in [2.45, 2.75) is 6.18 Å². The average molecular weight is 525 g/mol. The highest BCUT2D eigenvalue weighted by Gasteiger charge is 2.45. The molecule has 0 unspecified atom stereocenters. The van der Waals surface area contributed by atoms with Gasteiger partial charge in [-0.1, -0.05) is 54.6 Å². The first-order chi connectivity index (χ1) is 17.7. The summed E-state index contributed by atoms with van der Waals surface area (Å²) < 4.78 is 37.2. The number of aromatic nitrogens is 1. The zero-order chi connectivity index (χ0) is 26.7. The Morgan fingerprint density at radius 1 is 0.757 bits per heavy atom. The quantitative estimate of drug-likeness (QED) is 0.273. The van der Waals surface area contributed by atoms with Gasteiger partial charge in [0.1, 0.15) is 41.9 Å². The van der Waals surface area contributed by atoms with Crippen molar-refractivity contribution in [2.75, 3.05) is 12.8 Å². The molecule has 37 heavy (non-hydrogen) atoms. The van der Waals surface area contributed by atoms with E-state index in [1.165, 1.54) is 22.1 Å². The minimum Gasteiger partial charge on any atom is -0.542 e. The molecule has 0 spiro atoms. The van der Waals surface area contributed by atoms with Gasteiger partial charge < -0.3 is 14.6 Å². The fourth-order valence-electron chi connectivity index (χ4n) is 3.72. The molecular weight excluding hydrogens is 502 g/mol. The summed E-state index contributed by atoms with van der Waals surface area (Å²) in [5.74, 6) is -3.34. The first-order valence-corrected chi connectivity index (χ1v) is 13.1. The number of carbonyl (C=O) groups is 2. The van der Waals surface area contributed by atoms with Gasteiger partial charge in [0.25, 0.3) is 0 Å². The Morgan fingerprint density at radius 2 is 1.19 bits per heavy atom. The molecule has 0 fully saturated rings. The molecule has 0 atom stereocenters. The highest BCUT2D eigenvalue weighted by atomic mass is 31.2. The molecule has 0 saturated carbocycles. The van der Waals surface area contributed by atoms with E-state index >= 15 is 0 Å². The van der Waals surface area contributed by atoms with E-state index in [0.29, 0.717) is 12.2 Å². The number of carbonyl (C=O) groups excluding carboxylic acids is 2. The van der Waals surface area contributed by atoms with Crippen molar-refractivity contribution in [1.82, 2.24) is 4.98 Å². The van der Waals surface area contributed by atoms with Gasteiger partial charge in [0.2, 0.25) is 0 Å². The van der Waals surface area contributed by atoms with Gasteiger partial charge in [-0.3, -0.25) is 4.98 Å². The Hall–Kier alpha value is -4.03. The van der Waals surface area contributed by atoms with Crippen LogP contribution in [0.25, 0.3) is 0 Å². The van der Waals surface area contributed by atoms with Gasteiger partial charge in [-0.05, 0) is 48.5 Å². The molecule has 0 aliphatic rings. The molecule has 0 amide bonds. The maximum Gasteiger partial charge on any atom is 0.430 e. The maximum atomic E-state index is 12.5. The van der Waals surface area contributed by atoms with E-state index in [4.69, 9.17) is 14.6 Å². The number of rotatable bonds is 7. The van der Waals surface area contributed by atoms with Crippen LogP contribution in [0.1, 0.15) is 10.4 Å². The van der Waals surface area contributed by atoms with E-state index in [9.17, 15) is 18.0 Å². The lowest BCUT2D eigenvalue weighted by Gasteiger charge is -2.27. The summed E-state index contributed by atoms with van der Waals surface area (Å²) >= 11 is 0. The Morgan fingerprint density at radius 3 is 1.54 bits per heavy atom. The lowest BCUT2D eigenvalue weighted by Crippen LogP contribution is -2.37. The van der Waals surface area contributed by atoms with Crippen LogP contribution >= 0.6 is 7.26 Å². The fraction of sp³-hybridized carbons (Fsp3) is 0.107. The zero-order valence-electron chi connectivity index (χ0n) is 19.5. The minimum absolute atomic E-state index is 0.334. The lowest BCUT2D eigenvalue weighted by molar-refractivity contribution is -0.344. The molecule has 4 aromatic rings. The topological polar surface area (TPSA) is 79.3 Å².